The Morgan fingerprint density at radius 1 is 1.15 bits per heavy atom. The van der Waals surface area contributed by atoms with Crippen molar-refractivity contribution in [2.45, 2.75) is 19.6 Å². The number of methoxy groups -OCH3 is 1. The summed E-state index contributed by atoms with van der Waals surface area (Å²) in [5.74, 6) is -2.14. The molecule has 8 nitrogen and oxygen atoms in total. The van der Waals surface area contributed by atoms with Gasteiger partial charge in [0, 0.05) is 0 Å². The molecular weight excluding hydrogens is 493 g/mol. The number of hydrogen-bond acceptors (Lipinski definition) is 7. The number of amides is 2. The minimum absolute atomic E-state index is 0.100. The number of carboxylic acid groups (broad SMARTS) is 1. The maximum absolute atomic E-state index is 12.6. The summed E-state index contributed by atoms with van der Waals surface area (Å²) in [6, 6.07) is 8.14. The number of ether oxygens (including phenoxy) is 2. The van der Waals surface area contributed by atoms with Gasteiger partial charge in [0.05, 0.1) is 27.6 Å². The average molecular weight is 510 g/mol. The Hall–Kier alpha value is -3.01. The Bertz CT molecular complexity index is 1140. The molecule has 0 aromatic heterocycles. The van der Waals surface area contributed by atoms with E-state index >= 15 is 0 Å². The molecule has 1 fully saturated rings. The lowest BCUT2D eigenvalue weighted by atomic mass is 10.1. The van der Waals surface area contributed by atoms with Crippen LogP contribution in [0.1, 0.15) is 28.4 Å². The van der Waals surface area contributed by atoms with E-state index in [9.17, 15) is 19.2 Å². The normalized spacial score (nSPS) is 15.6. The van der Waals surface area contributed by atoms with Gasteiger partial charge in [-0.05, 0) is 60.2 Å². The minimum Gasteiger partial charge on any atom is -0.486 e. The van der Waals surface area contributed by atoms with Crippen molar-refractivity contribution in [1.82, 2.24) is 4.90 Å². The zero-order valence-electron chi connectivity index (χ0n) is 17.3. The molecular formula is C22H17Cl2NO7S. The van der Waals surface area contributed by atoms with Crippen molar-refractivity contribution >= 4 is 64.1 Å². The van der Waals surface area contributed by atoms with Gasteiger partial charge in [0.2, 0.25) is 0 Å². The molecule has 172 valence electrons. The van der Waals surface area contributed by atoms with Gasteiger partial charge in [0.1, 0.15) is 12.6 Å². The van der Waals surface area contributed by atoms with Crippen molar-refractivity contribution in [1.29, 1.82) is 0 Å². The Labute approximate surface area is 203 Å². The van der Waals surface area contributed by atoms with E-state index in [1.54, 1.807) is 12.1 Å². The Morgan fingerprint density at radius 2 is 1.76 bits per heavy atom. The van der Waals surface area contributed by atoms with Crippen LogP contribution in [0.4, 0.5) is 4.79 Å². The molecule has 2 aromatic carbocycles. The molecule has 11 heteroatoms. The molecule has 1 aliphatic heterocycles. The summed E-state index contributed by atoms with van der Waals surface area (Å²) in [4.78, 5) is 48.4. The third-order valence-electron chi connectivity index (χ3n) is 4.66. The van der Waals surface area contributed by atoms with Gasteiger partial charge < -0.3 is 14.6 Å². The van der Waals surface area contributed by atoms with Crippen LogP contribution >= 0.6 is 35.0 Å². The first-order valence-electron chi connectivity index (χ1n) is 9.41. The first-order chi connectivity index (χ1) is 15.6. The average Bonchev–Trinajstić information content (AvgIpc) is 3.05. The van der Waals surface area contributed by atoms with Gasteiger partial charge >= 0.3 is 11.9 Å². The van der Waals surface area contributed by atoms with Crippen molar-refractivity contribution in [2.24, 2.45) is 0 Å². The predicted octanol–water partition coefficient (Wildman–Crippen LogP) is 4.87. The number of carbonyl (C=O) groups is 4. The number of nitrogens with zero attached hydrogens (tertiary/aromatic N) is 1. The smallest absolute Gasteiger partial charge is 0.335 e. The van der Waals surface area contributed by atoms with Gasteiger partial charge in [0.15, 0.2) is 5.75 Å². The molecule has 1 N–H and O–H groups in total. The molecule has 0 aliphatic carbocycles. The van der Waals surface area contributed by atoms with Crippen LogP contribution in [-0.2, 0) is 20.9 Å². The van der Waals surface area contributed by atoms with Crippen LogP contribution < -0.4 is 4.74 Å². The Morgan fingerprint density at radius 3 is 2.30 bits per heavy atom. The molecule has 2 amide bonds. The van der Waals surface area contributed by atoms with E-state index in [1.807, 2.05) is 0 Å². The number of aromatic carboxylic acids is 1. The van der Waals surface area contributed by atoms with Crippen LogP contribution in [0.5, 0.6) is 5.75 Å². The molecule has 0 unspecified atom stereocenters. The molecule has 1 atom stereocenters. The van der Waals surface area contributed by atoms with Crippen molar-refractivity contribution in [2.75, 3.05) is 7.11 Å². The molecule has 0 spiro atoms. The van der Waals surface area contributed by atoms with Crippen LogP contribution in [0.3, 0.4) is 0 Å². The third kappa shape index (κ3) is 5.50. The van der Waals surface area contributed by atoms with E-state index in [-0.39, 0.29) is 32.9 Å². The largest absolute Gasteiger partial charge is 0.486 e. The van der Waals surface area contributed by atoms with Crippen molar-refractivity contribution in [3.8, 4) is 5.75 Å². The number of imide groups is 1. The van der Waals surface area contributed by atoms with Gasteiger partial charge in [-0.1, -0.05) is 35.3 Å². The number of benzene rings is 2. The number of hydrogen-bond donors (Lipinski definition) is 1. The van der Waals surface area contributed by atoms with E-state index in [1.165, 1.54) is 44.4 Å². The molecule has 0 bridgehead atoms. The number of esters is 1. The van der Waals surface area contributed by atoms with Crippen molar-refractivity contribution in [3.63, 3.8) is 0 Å². The molecule has 0 radical (unpaired) electrons. The fraction of sp³-hybridized carbons (Fsp3) is 0.182. The zero-order chi connectivity index (χ0) is 24.3. The van der Waals surface area contributed by atoms with Gasteiger partial charge in [-0.3, -0.25) is 14.5 Å². The van der Waals surface area contributed by atoms with Crippen molar-refractivity contribution < 1.29 is 33.8 Å². The summed E-state index contributed by atoms with van der Waals surface area (Å²) >= 11 is 13.3. The monoisotopic (exact) mass is 509 g/mol. The molecule has 1 aliphatic rings. The summed E-state index contributed by atoms with van der Waals surface area (Å²) in [6.07, 6.45) is 1.45. The van der Waals surface area contributed by atoms with E-state index in [0.717, 1.165) is 4.90 Å². The summed E-state index contributed by atoms with van der Waals surface area (Å²) in [7, 11) is 1.17. The quantitative estimate of drug-likeness (QED) is 0.415. The number of carbonyl (C=O) groups excluding carboxylic acids is 3. The van der Waals surface area contributed by atoms with Crippen molar-refractivity contribution in [3.05, 3.63) is 68.0 Å². The second-order valence-corrected chi connectivity index (χ2v) is 8.66. The molecule has 0 saturated carbocycles. The van der Waals surface area contributed by atoms with Crippen LogP contribution in [0.25, 0.3) is 6.08 Å². The van der Waals surface area contributed by atoms with Gasteiger partial charge in [-0.25, -0.2) is 9.59 Å². The highest BCUT2D eigenvalue weighted by atomic mass is 35.5. The minimum atomic E-state index is -1.05. The van der Waals surface area contributed by atoms with Crippen LogP contribution in [0.2, 0.25) is 10.0 Å². The third-order valence-corrected chi connectivity index (χ3v) is 6.10. The van der Waals surface area contributed by atoms with Crippen LogP contribution in [-0.4, -0.2) is 46.2 Å². The number of halogens is 2. The highest BCUT2D eigenvalue weighted by molar-refractivity contribution is 8.18. The fourth-order valence-corrected chi connectivity index (χ4v) is 4.46. The maximum atomic E-state index is 12.6. The summed E-state index contributed by atoms with van der Waals surface area (Å²) in [5, 5.41) is 8.73. The Kier molecular flexibility index (Phi) is 7.68. The van der Waals surface area contributed by atoms with Crippen LogP contribution in [0.15, 0.2) is 41.3 Å². The summed E-state index contributed by atoms with van der Waals surface area (Å²) in [5.41, 5.74) is 1.33. The molecule has 1 heterocycles. The second kappa shape index (κ2) is 10.3. The zero-order valence-corrected chi connectivity index (χ0v) is 19.7. The van der Waals surface area contributed by atoms with E-state index in [4.69, 9.17) is 33.0 Å². The number of carboxylic acids is 1. The number of thioether (sulfide) groups is 1. The summed E-state index contributed by atoms with van der Waals surface area (Å²) in [6.45, 7) is 1.50. The van der Waals surface area contributed by atoms with Gasteiger partial charge in [-0.2, -0.15) is 0 Å². The lowest BCUT2D eigenvalue weighted by Gasteiger charge is -2.18. The number of rotatable bonds is 7. The fourth-order valence-electron chi connectivity index (χ4n) is 2.94. The predicted molar refractivity (Wildman–Crippen MR) is 123 cm³/mol. The highest BCUT2D eigenvalue weighted by Crippen LogP contribution is 2.38. The second-order valence-electron chi connectivity index (χ2n) is 6.86. The SMILES string of the molecule is COC(=O)[C@@H](C)N1C(=O)S/C(=C/c2cc(Cl)c(OCc3ccc(C(=O)O)cc3)c(Cl)c2)C1=O. The lowest BCUT2D eigenvalue weighted by molar-refractivity contribution is -0.148. The summed E-state index contributed by atoms with van der Waals surface area (Å²) < 4.78 is 10.3. The standard InChI is InChI=1S/C22H17Cl2NO7S/c1-11(21(29)31-2)25-19(26)17(33-22(25)30)9-13-7-15(23)18(16(24)8-13)32-10-12-3-5-14(6-4-12)20(27)28/h3-9,11H,10H2,1-2H3,(H,27,28)/b17-9+/t11-/m1/s1. The lowest BCUT2D eigenvalue weighted by Crippen LogP contribution is -2.42. The Balaban J connectivity index is 1.76. The first kappa shape index (κ1) is 24.6. The molecule has 1 saturated heterocycles. The van der Waals surface area contributed by atoms with Gasteiger partial charge in [-0.15, -0.1) is 0 Å². The van der Waals surface area contributed by atoms with E-state index in [2.05, 4.69) is 4.74 Å². The molecule has 33 heavy (non-hydrogen) atoms. The van der Waals surface area contributed by atoms with Gasteiger partial charge in [0.25, 0.3) is 11.1 Å². The maximum Gasteiger partial charge on any atom is 0.335 e. The topological polar surface area (TPSA) is 110 Å². The first-order valence-corrected chi connectivity index (χ1v) is 11.0. The van der Waals surface area contributed by atoms with Crippen LogP contribution in [0, 0.1) is 0 Å². The molecule has 3 rings (SSSR count). The van der Waals surface area contributed by atoms with E-state index in [0.29, 0.717) is 22.9 Å². The molecule has 2 aromatic rings. The highest BCUT2D eigenvalue weighted by Gasteiger charge is 2.41. The van der Waals surface area contributed by atoms with E-state index < -0.39 is 29.1 Å².